The largest absolute Gasteiger partial charge is 0.504 e. The topological polar surface area (TPSA) is 123 Å². The summed E-state index contributed by atoms with van der Waals surface area (Å²) in [5, 5.41) is 33.1. The summed E-state index contributed by atoms with van der Waals surface area (Å²) in [4.78, 5) is 30.9. The molecule has 0 saturated carbocycles. The van der Waals surface area contributed by atoms with Crippen molar-refractivity contribution in [1.82, 2.24) is 4.98 Å². The molecule has 9 heteroatoms. The van der Waals surface area contributed by atoms with Crippen LogP contribution in [0.3, 0.4) is 0 Å². The summed E-state index contributed by atoms with van der Waals surface area (Å²) in [6, 6.07) is 20.1. The number of para-hydroxylation sites is 1. The van der Waals surface area contributed by atoms with Crippen molar-refractivity contribution in [3.05, 3.63) is 99.7 Å². The van der Waals surface area contributed by atoms with Gasteiger partial charge in [-0.05, 0) is 61.4 Å². The number of benzene rings is 3. The summed E-state index contributed by atoms with van der Waals surface area (Å²) in [7, 11) is 0. The van der Waals surface area contributed by atoms with Crippen LogP contribution in [0.25, 0.3) is 11.1 Å². The molecule has 0 fully saturated rings. The number of aromatic hydroxyl groups is 2. The molecule has 0 radical (unpaired) electrons. The summed E-state index contributed by atoms with van der Waals surface area (Å²) in [5.41, 5.74) is 3.49. The number of halogens is 1. The Morgan fingerprint density at radius 2 is 1.74 bits per heavy atom. The molecule has 190 valence electrons. The van der Waals surface area contributed by atoms with E-state index in [1.54, 1.807) is 37.3 Å². The summed E-state index contributed by atoms with van der Waals surface area (Å²) in [6.07, 6.45) is 0. The Morgan fingerprint density at radius 1 is 1.03 bits per heavy atom. The standard InChI is InChI=1S/C29H22ClN3O4S/c1-16-5-3-4-6-22(16)33-28(37)26-17(2)32-29(21(14-31)27(26)18-7-10-20(30)11-8-18)38-15-25(36)19-9-12-23(34)24(35)13-19/h3-13,34-35H,15H2,1-2H3,(H,33,37). The van der Waals surface area contributed by atoms with Crippen molar-refractivity contribution in [3.63, 3.8) is 0 Å². The van der Waals surface area contributed by atoms with Gasteiger partial charge in [0, 0.05) is 21.8 Å². The van der Waals surface area contributed by atoms with E-state index in [2.05, 4.69) is 16.4 Å². The van der Waals surface area contributed by atoms with E-state index in [0.29, 0.717) is 32.6 Å². The fourth-order valence-corrected chi connectivity index (χ4v) is 4.93. The smallest absolute Gasteiger partial charge is 0.258 e. The van der Waals surface area contributed by atoms with Crippen LogP contribution in [0, 0.1) is 25.2 Å². The first-order chi connectivity index (χ1) is 18.2. The molecule has 0 aliphatic carbocycles. The van der Waals surface area contributed by atoms with Crippen molar-refractivity contribution < 1.29 is 19.8 Å². The van der Waals surface area contributed by atoms with Crippen molar-refractivity contribution >= 4 is 40.7 Å². The quantitative estimate of drug-likeness (QED) is 0.137. The van der Waals surface area contributed by atoms with Crippen molar-refractivity contribution in [2.24, 2.45) is 0 Å². The van der Waals surface area contributed by atoms with E-state index >= 15 is 0 Å². The zero-order chi connectivity index (χ0) is 27.4. The van der Waals surface area contributed by atoms with Gasteiger partial charge in [-0.3, -0.25) is 9.59 Å². The second-order valence-electron chi connectivity index (χ2n) is 8.43. The van der Waals surface area contributed by atoms with Crippen LogP contribution in [-0.2, 0) is 0 Å². The molecule has 3 N–H and O–H groups in total. The Kier molecular flexibility index (Phi) is 8.01. The molecule has 0 unspecified atom stereocenters. The molecule has 1 aromatic heterocycles. The highest BCUT2D eigenvalue weighted by atomic mass is 35.5. The number of carbonyl (C=O) groups is 2. The average molecular weight is 544 g/mol. The summed E-state index contributed by atoms with van der Waals surface area (Å²) in [6.45, 7) is 3.56. The summed E-state index contributed by atoms with van der Waals surface area (Å²) < 4.78 is 0. The molecule has 4 aromatic rings. The summed E-state index contributed by atoms with van der Waals surface area (Å²) in [5.74, 6) is -1.56. The number of thioether (sulfide) groups is 1. The van der Waals surface area contributed by atoms with Crippen LogP contribution in [0.4, 0.5) is 5.69 Å². The first-order valence-electron chi connectivity index (χ1n) is 11.4. The van der Waals surface area contributed by atoms with Gasteiger partial charge in [-0.2, -0.15) is 5.26 Å². The molecule has 0 aliphatic heterocycles. The number of aromatic nitrogens is 1. The molecule has 0 aliphatic rings. The normalized spacial score (nSPS) is 10.6. The van der Waals surface area contributed by atoms with E-state index in [9.17, 15) is 25.1 Å². The van der Waals surface area contributed by atoms with Gasteiger partial charge < -0.3 is 15.5 Å². The minimum Gasteiger partial charge on any atom is -0.504 e. The van der Waals surface area contributed by atoms with Gasteiger partial charge in [0.15, 0.2) is 17.3 Å². The molecule has 1 amide bonds. The van der Waals surface area contributed by atoms with Crippen LogP contribution < -0.4 is 5.32 Å². The van der Waals surface area contributed by atoms with Crippen LogP contribution in [-0.4, -0.2) is 32.6 Å². The lowest BCUT2D eigenvalue weighted by atomic mass is 9.94. The fraction of sp³-hybridized carbons (Fsp3) is 0.103. The maximum absolute atomic E-state index is 13.5. The van der Waals surface area contributed by atoms with Crippen LogP contribution in [0.1, 0.15) is 37.5 Å². The lowest BCUT2D eigenvalue weighted by Gasteiger charge is -2.17. The van der Waals surface area contributed by atoms with Gasteiger partial charge in [0.2, 0.25) is 0 Å². The minimum absolute atomic E-state index is 0.0832. The predicted molar refractivity (Wildman–Crippen MR) is 148 cm³/mol. The number of amides is 1. The number of carbonyl (C=O) groups excluding carboxylic acids is 2. The molecule has 0 spiro atoms. The number of anilines is 1. The number of hydrogen-bond donors (Lipinski definition) is 3. The van der Waals surface area contributed by atoms with Crippen molar-refractivity contribution in [2.75, 3.05) is 11.1 Å². The number of phenols is 2. The monoisotopic (exact) mass is 543 g/mol. The van der Waals surface area contributed by atoms with Gasteiger partial charge in [0.1, 0.15) is 11.1 Å². The van der Waals surface area contributed by atoms with Crippen molar-refractivity contribution in [1.29, 1.82) is 5.26 Å². The van der Waals surface area contributed by atoms with Gasteiger partial charge in [0.05, 0.1) is 22.6 Å². The first-order valence-corrected chi connectivity index (χ1v) is 12.8. The Hall–Kier alpha value is -4.32. The van der Waals surface area contributed by atoms with E-state index in [0.717, 1.165) is 17.3 Å². The van der Waals surface area contributed by atoms with Crippen molar-refractivity contribution in [3.8, 4) is 28.7 Å². The van der Waals surface area contributed by atoms with E-state index < -0.39 is 11.7 Å². The fourth-order valence-electron chi connectivity index (χ4n) is 3.88. The molecular formula is C29H22ClN3O4S. The summed E-state index contributed by atoms with van der Waals surface area (Å²) >= 11 is 7.15. The van der Waals surface area contributed by atoms with Gasteiger partial charge >= 0.3 is 0 Å². The Bertz CT molecular complexity index is 1600. The third-order valence-corrected chi connectivity index (χ3v) is 7.07. The van der Waals surface area contributed by atoms with E-state index in [4.69, 9.17) is 11.6 Å². The Labute approximate surface area is 228 Å². The third kappa shape index (κ3) is 5.65. The van der Waals surface area contributed by atoms with Gasteiger partial charge in [-0.15, -0.1) is 0 Å². The van der Waals surface area contributed by atoms with E-state index in [1.165, 1.54) is 18.2 Å². The molecule has 3 aromatic carbocycles. The molecular weight excluding hydrogens is 522 g/mol. The number of nitrogens with one attached hydrogen (secondary N) is 1. The second-order valence-corrected chi connectivity index (χ2v) is 9.83. The van der Waals surface area contributed by atoms with Gasteiger partial charge in [-0.1, -0.05) is 53.7 Å². The number of aryl methyl sites for hydroxylation is 2. The van der Waals surface area contributed by atoms with E-state index in [1.807, 2.05) is 25.1 Å². The van der Waals surface area contributed by atoms with E-state index in [-0.39, 0.29) is 34.0 Å². The molecule has 38 heavy (non-hydrogen) atoms. The number of nitriles is 1. The molecule has 4 rings (SSSR count). The maximum Gasteiger partial charge on any atom is 0.258 e. The highest BCUT2D eigenvalue weighted by molar-refractivity contribution is 8.00. The molecule has 0 atom stereocenters. The van der Waals surface area contributed by atoms with Gasteiger partial charge in [0.25, 0.3) is 5.91 Å². The lowest BCUT2D eigenvalue weighted by molar-refractivity contribution is 0.101. The third-order valence-electron chi connectivity index (χ3n) is 5.85. The number of nitrogens with zero attached hydrogens (tertiary/aromatic N) is 2. The van der Waals surface area contributed by atoms with Crippen LogP contribution >= 0.6 is 23.4 Å². The number of ketones is 1. The SMILES string of the molecule is Cc1ccccc1NC(=O)c1c(C)nc(SCC(=O)c2ccc(O)c(O)c2)c(C#N)c1-c1ccc(Cl)cc1. The predicted octanol–water partition coefficient (Wildman–Crippen LogP) is 6.53. The zero-order valence-corrected chi connectivity index (χ0v) is 22.0. The minimum atomic E-state index is -0.419. The number of Topliss-reactive ketones (excluding diaryl/α,β-unsaturated/α-hetero) is 1. The number of hydrogen-bond acceptors (Lipinski definition) is 7. The second kappa shape index (κ2) is 11.4. The number of rotatable bonds is 7. The molecule has 7 nitrogen and oxygen atoms in total. The Balaban J connectivity index is 1.77. The number of pyridine rings is 1. The van der Waals surface area contributed by atoms with Crippen LogP contribution in [0.15, 0.2) is 71.8 Å². The van der Waals surface area contributed by atoms with Gasteiger partial charge in [-0.25, -0.2) is 4.98 Å². The molecule has 0 saturated heterocycles. The van der Waals surface area contributed by atoms with Crippen molar-refractivity contribution in [2.45, 2.75) is 18.9 Å². The molecule has 1 heterocycles. The lowest BCUT2D eigenvalue weighted by Crippen LogP contribution is -2.18. The highest BCUT2D eigenvalue weighted by Crippen LogP contribution is 2.36. The maximum atomic E-state index is 13.5. The van der Waals surface area contributed by atoms with Crippen LogP contribution in [0.2, 0.25) is 5.02 Å². The Morgan fingerprint density at radius 3 is 2.39 bits per heavy atom. The highest BCUT2D eigenvalue weighted by Gasteiger charge is 2.25. The average Bonchev–Trinajstić information content (AvgIpc) is 2.90. The number of phenolic OH excluding ortho intramolecular Hbond substituents is 2. The van der Waals surface area contributed by atoms with Crippen LogP contribution in [0.5, 0.6) is 11.5 Å². The first kappa shape index (κ1) is 26.7. The molecule has 0 bridgehead atoms. The zero-order valence-electron chi connectivity index (χ0n) is 20.4.